The number of ether oxygens (including phenoxy) is 1. The number of rotatable bonds is 4. The Labute approximate surface area is 273 Å². The lowest BCUT2D eigenvalue weighted by Gasteiger charge is -2.31. The van der Waals surface area contributed by atoms with Crippen molar-refractivity contribution in [2.75, 3.05) is 10.2 Å². The number of fused-ring (bicyclic) bond motifs is 7. The molecule has 0 spiro atoms. The van der Waals surface area contributed by atoms with E-state index in [1.165, 1.54) is 32.7 Å². The van der Waals surface area contributed by atoms with Gasteiger partial charge in [-0.15, -0.1) is 0 Å². The van der Waals surface area contributed by atoms with E-state index in [-0.39, 0.29) is 0 Å². The maximum atomic E-state index is 6.46. The summed E-state index contributed by atoms with van der Waals surface area (Å²) in [4.78, 5) is 2.35. The molecule has 0 bridgehead atoms. The molecule has 0 saturated heterocycles. The first-order chi connectivity index (χ1) is 23.3. The monoisotopic (exact) mass is 600 g/mol. The van der Waals surface area contributed by atoms with E-state index in [0.717, 1.165) is 56.8 Å². The number of nitrogens with one attached hydrogen (secondary N) is 1. The van der Waals surface area contributed by atoms with Crippen molar-refractivity contribution in [2.24, 2.45) is 0 Å². The van der Waals surface area contributed by atoms with Gasteiger partial charge in [0.05, 0.1) is 16.9 Å². The van der Waals surface area contributed by atoms with Crippen LogP contribution in [0.2, 0.25) is 0 Å². The molecule has 1 radical (unpaired) electrons. The van der Waals surface area contributed by atoms with Crippen molar-refractivity contribution in [3.05, 3.63) is 158 Å². The normalized spacial score (nSPS) is 12.3. The summed E-state index contributed by atoms with van der Waals surface area (Å²) in [7, 11) is 2.36. The SMILES string of the molecule is [B]1c2c(-c3cccc4c3Nc3ccccc3O4)cc(N(c3ccccc3)c3ccccc3)cc2-n2c3ccccc3c3cccc1c32. The van der Waals surface area contributed by atoms with Crippen molar-refractivity contribution in [3.8, 4) is 28.3 Å². The van der Waals surface area contributed by atoms with Gasteiger partial charge in [0.2, 0.25) is 0 Å². The lowest BCUT2D eigenvalue weighted by molar-refractivity contribution is 0.481. The van der Waals surface area contributed by atoms with Crippen LogP contribution in [0.15, 0.2) is 158 Å². The molecule has 2 aliphatic rings. The zero-order valence-electron chi connectivity index (χ0n) is 25.4. The summed E-state index contributed by atoms with van der Waals surface area (Å²) in [6.45, 7) is 0. The molecule has 5 heteroatoms. The van der Waals surface area contributed by atoms with Crippen LogP contribution in [0, 0.1) is 0 Å². The van der Waals surface area contributed by atoms with E-state index in [1.54, 1.807) is 0 Å². The van der Waals surface area contributed by atoms with Crippen molar-refractivity contribution < 1.29 is 4.74 Å². The Morgan fingerprint density at radius 1 is 0.553 bits per heavy atom. The molecule has 1 aromatic heterocycles. The maximum absolute atomic E-state index is 6.46. The van der Waals surface area contributed by atoms with E-state index in [1.807, 2.05) is 24.3 Å². The minimum Gasteiger partial charge on any atom is -0.453 e. The molecule has 10 rings (SSSR count). The zero-order valence-corrected chi connectivity index (χ0v) is 25.4. The van der Waals surface area contributed by atoms with Crippen molar-refractivity contribution in [1.82, 2.24) is 4.57 Å². The van der Waals surface area contributed by atoms with Gasteiger partial charge in [-0.2, -0.15) is 0 Å². The van der Waals surface area contributed by atoms with E-state index in [0.29, 0.717) is 0 Å². The van der Waals surface area contributed by atoms with Crippen molar-refractivity contribution in [3.63, 3.8) is 0 Å². The summed E-state index contributed by atoms with van der Waals surface area (Å²) in [5, 5.41) is 6.25. The van der Waals surface area contributed by atoms with Crippen molar-refractivity contribution in [2.45, 2.75) is 0 Å². The van der Waals surface area contributed by atoms with Crippen LogP contribution in [0.1, 0.15) is 0 Å². The summed E-state index contributed by atoms with van der Waals surface area (Å²) < 4.78 is 8.92. The number of hydrogen-bond acceptors (Lipinski definition) is 3. The highest BCUT2D eigenvalue weighted by Gasteiger charge is 2.29. The van der Waals surface area contributed by atoms with Gasteiger partial charge >= 0.3 is 0 Å². The first kappa shape index (κ1) is 26.1. The van der Waals surface area contributed by atoms with Gasteiger partial charge in [-0.3, -0.25) is 0 Å². The van der Waals surface area contributed by atoms with Crippen LogP contribution in [-0.4, -0.2) is 11.8 Å². The summed E-state index contributed by atoms with van der Waals surface area (Å²) >= 11 is 0. The van der Waals surface area contributed by atoms with Crippen LogP contribution in [-0.2, 0) is 0 Å². The van der Waals surface area contributed by atoms with Crippen LogP contribution >= 0.6 is 0 Å². The molecule has 8 aromatic rings. The molecule has 0 aliphatic carbocycles. The standard InChI is InChI=1S/C42H27BN3O/c1-3-13-27(14-4-1)45(28-15-5-2-6-16-28)29-25-33(31-18-12-24-39-41(31)44-35-21-8-10-23-38(35)47-39)40-37(26-29)46-36-22-9-7-17-30(36)32-19-11-20-34(43-40)42(32)46/h1-26,44H. The third-order valence-electron chi connectivity index (χ3n) is 9.38. The quantitative estimate of drug-likeness (QED) is 0.204. The molecule has 7 aromatic carbocycles. The number of aromatic nitrogens is 1. The highest BCUT2D eigenvalue weighted by atomic mass is 16.5. The molecule has 1 N–H and O–H groups in total. The first-order valence-corrected chi connectivity index (χ1v) is 15.9. The van der Waals surface area contributed by atoms with Crippen molar-refractivity contribution >= 4 is 68.4 Å². The Morgan fingerprint density at radius 2 is 1.23 bits per heavy atom. The van der Waals surface area contributed by atoms with Crippen LogP contribution in [0.5, 0.6) is 11.5 Å². The molecular weight excluding hydrogens is 573 g/mol. The molecule has 3 heterocycles. The molecule has 0 amide bonds. The lowest BCUT2D eigenvalue weighted by atomic mass is 9.59. The number of anilines is 5. The third-order valence-corrected chi connectivity index (χ3v) is 9.38. The second-order valence-electron chi connectivity index (χ2n) is 12.1. The van der Waals surface area contributed by atoms with E-state index in [4.69, 9.17) is 4.74 Å². The van der Waals surface area contributed by atoms with Gasteiger partial charge in [0, 0.05) is 44.6 Å². The highest BCUT2D eigenvalue weighted by molar-refractivity contribution is 6.73. The predicted octanol–water partition coefficient (Wildman–Crippen LogP) is 9.74. The Hall–Kier alpha value is -6.20. The van der Waals surface area contributed by atoms with Crippen LogP contribution in [0.4, 0.5) is 28.4 Å². The second kappa shape index (κ2) is 10.2. The smallest absolute Gasteiger partial charge is 0.197 e. The van der Waals surface area contributed by atoms with Gasteiger partial charge in [-0.25, -0.2) is 0 Å². The summed E-state index contributed by atoms with van der Waals surface area (Å²) in [5.41, 5.74) is 13.4. The van der Waals surface area contributed by atoms with Gasteiger partial charge in [0.15, 0.2) is 18.8 Å². The Bertz CT molecular complexity index is 2470. The minimum absolute atomic E-state index is 0.813. The number of benzene rings is 7. The Morgan fingerprint density at radius 3 is 2.06 bits per heavy atom. The minimum atomic E-state index is 0.813. The van der Waals surface area contributed by atoms with Crippen LogP contribution < -0.4 is 25.9 Å². The van der Waals surface area contributed by atoms with Crippen molar-refractivity contribution in [1.29, 1.82) is 0 Å². The fourth-order valence-corrected chi connectivity index (χ4v) is 7.36. The van der Waals surface area contributed by atoms with Crippen LogP contribution in [0.3, 0.4) is 0 Å². The number of nitrogens with zero attached hydrogens (tertiary/aromatic N) is 2. The third kappa shape index (κ3) is 3.96. The number of para-hydroxylation sites is 7. The Balaban J connectivity index is 1.30. The summed E-state index contributed by atoms with van der Waals surface area (Å²) in [6, 6.07) is 55.8. The number of hydrogen-bond donors (Lipinski definition) is 1. The first-order valence-electron chi connectivity index (χ1n) is 15.9. The van der Waals surface area contributed by atoms with Gasteiger partial charge in [0.25, 0.3) is 0 Å². The van der Waals surface area contributed by atoms with E-state index < -0.39 is 0 Å². The molecule has 219 valence electrons. The predicted molar refractivity (Wildman–Crippen MR) is 196 cm³/mol. The van der Waals surface area contributed by atoms with Crippen LogP contribution in [0.25, 0.3) is 38.6 Å². The van der Waals surface area contributed by atoms with E-state index in [9.17, 15) is 0 Å². The fraction of sp³-hybridized carbons (Fsp3) is 0. The summed E-state index contributed by atoms with van der Waals surface area (Å²) in [6.07, 6.45) is 0. The molecular formula is C42H27BN3O. The summed E-state index contributed by atoms with van der Waals surface area (Å²) in [5.74, 6) is 1.64. The maximum Gasteiger partial charge on any atom is 0.197 e. The van der Waals surface area contributed by atoms with Gasteiger partial charge in [-0.1, -0.05) is 103 Å². The average Bonchev–Trinajstić information content (AvgIpc) is 3.47. The average molecular weight is 601 g/mol. The Kier molecular flexibility index (Phi) is 5.63. The molecule has 0 saturated carbocycles. The topological polar surface area (TPSA) is 29.4 Å². The molecule has 0 fully saturated rings. The second-order valence-corrected chi connectivity index (χ2v) is 12.1. The van der Waals surface area contributed by atoms with E-state index >= 15 is 0 Å². The molecule has 47 heavy (non-hydrogen) atoms. The molecule has 0 atom stereocenters. The zero-order chi connectivity index (χ0) is 30.9. The molecule has 4 nitrogen and oxygen atoms in total. The molecule has 0 unspecified atom stereocenters. The fourth-order valence-electron chi connectivity index (χ4n) is 7.36. The highest BCUT2D eigenvalue weighted by Crippen LogP contribution is 2.48. The van der Waals surface area contributed by atoms with Gasteiger partial charge < -0.3 is 19.5 Å². The largest absolute Gasteiger partial charge is 0.453 e. The lowest BCUT2D eigenvalue weighted by Crippen LogP contribution is -2.37. The van der Waals surface area contributed by atoms with E-state index in [2.05, 4.69) is 156 Å². The van der Waals surface area contributed by atoms with Gasteiger partial charge in [0.1, 0.15) is 0 Å². The van der Waals surface area contributed by atoms with Gasteiger partial charge in [-0.05, 0) is 71.7 Å². The molecule has 2 aliphatic heterocycles.